The van der Waals surface area contributed by atoms with Crippen molar-refractivity contribution in [3.8, 4) is 0 Å². The van der Waals surface area contributed by atoms with E-state index in [4.69, 9.17) is 23.7 Å². The van der Waals surface area contributed by atoms with Crippen LogP contribution in [0.2, 0.25) is 0 Å². The van der Waals surface area contributed by atoms with Crippen LogP contribution in [0, 0.1) is 27.9 Å². The first-order chi connectivity index (χ1) is 27.4. The average molecular weight is 839 g/mol. The normalized spacial score (nSPS) is 36.6. The summed E-state index contributed by atoms with van der Waals surface area (Å²) < 4.78 is 31.6. The van der Waals surface area contributed by atoms with Gasteiger partial charge in [0.25, 0.3) is 5.69 Å². The number of ether oxygens (including phenoxy) is 5. The van der Waals surface area contributed by atoms with Gasteiger partial charge in [0.05, 0.1) is 41.1 Å². The minimum atomic E-state index is -2.04. The van der Waals surface area contributed by atoms with Gasteiger partial charge < -0.3 is 54.1 Å². The third-order valence-corrected chi connectivity index (χ3v) is 12.0. The molecule has 0 bridgehead atoms. The number of carbonyl (C=O) groups is 3. The Kier molecular flexibility index (Phi) is 17.7. The highest BCUT2D eigenvalue weighted by atomic mass is 16.7. The topological polar surface area (TPSA) is 220 Å². The number of amides is 2. The van der Waals surface area contributed by atoms with E-state index in [2.05, 4.69) is 5.32 Å². The monoisotopic (exact) mass is 838 g/mol. The molecule has 4 N–H and O–H groups in total. The number of rotatable bonds is 10. The number of esters is 2. The van der Waals surface area contributed by atoms with Crippen LogP contribution in [0.25, 0.3) is 0 Å². The number of urea groups is 1. The zero-order valence-corrected chi connectivity index (χ0v) is 37.1. The summed E-state index contributed by atoms with van der Waals surface area (Å²) in [5.74, 6) is -4.02. The van der Waals surface area contributed by atoms with Gasteiger partial charge in [0, 0.05) is 43.8 Å². The first-order valence-electron chi connectivity index (χ1n) is 20.7. The predicted octanol–water partition coefficient (Wildman–Crippen LogP) is 3.82. The molecule has 17 nitrogen and oxygen atoms in total. The number of non-ortho nitro benzene ring substituents is 1. The largest absolute Gasteiger partial charge is 0.461 e. The summed E-state index contributed by atoms with van der Waals surface area (Å²) in [7, 11) is 5.20. The van der Waals surface area contributed by atoms with Crippen molar-refractivity contribution in [2.75, 3.05) is 27.7 Å². The fourth-order valence-electron chi connectivity index (χ4n) is 8.57. The molecule has 2 amide bonds. The number of hydrogen-bond acceptors (Lipinski definition) is 14. The van der Waals surface area contributed by atoms with Crippen LogP contribution >= 0.6 is 0 Å². The molecule has 2 aliphatic heterocycles. The lowest BCUT2D eigenvalue weighted by molar-refractivity contribution is -0.384. The Morgan fingerprint density at radius 3 is 2.24 bits per heavy atom. The second kappa shape index (κ2) is 20.9. The summed E-state index contributed by atoms with van der Waals surface area (Å²) in [6, 6.07) is 3.43. The second-order valence-corrected chi connectivity index (χ2v) is 17.7. The minimum absolute atomic E-state index is 0.0829. The molecule has 336 valence electrons. The number of likely N-dealkylation sites (N-methyl/N-ethyl adjacent to an activating group) is 1. The molecule has 3 rings (SSSR count). The zero-order chi connectivity index (χ0) is 44.7. The molecular weight excluding hydrogens is 768 g/mol. The van der Waals surface area contributed by atoms with E-state index in [0.29, 0.717) is 12.0 Å². The molecule has 2 heterocycles. The molecule has 2 aliphatic rings. The highest BCUT2D eigenvalue weighted by molar-refractivity contribution is 5.76. The van der Waals surface area contributed by atoms with Gasteiger partial charge in [0.2, 0.25) is 0 Å². The SMILES string of the molecule is CC[C@H]1OC(=O)[C@H](C)[C@@H](OC(=O)Cc2ccc([N+](=O)[O-])cc2)[C@H](C)[C@@H](O[C@@H]2O[C@H](C)C[C@H](N(C)C)[C@H]2O)[C@](C)(OC)C[C@@H](C)CN(C(=O)NC(C)C)[C@H](C)[C@@H](O)[C@]1(C)O. The molecule has 1 aromatic carbocycles. The quantitative estimate of drug-likeness (QED) is 0.150. The molecule has 1 aromatic rings. The van der Waals surface area contributed by atoms with E-state index >= 15 is 0 Å². The zero-order valence-electron chi connectivity index (χ0n) is 37.1. The fourth-order valence-corrected chi connectivity index (χ4v) is 8.57. The summed E-state index contributed by atoms with van der Waals surface area (Å²) in [4.78, 5) is 56.0. The number of nitro groups is 1. The average Bonchev–Trinajstić information content (AvgIpc) is 3.16. The lowest BCUT2D eigenvalue weighted by Gasteiger charge is -2.48. The van der Waals surface area contributed by atoms with Crippen molar-refractivity contribution in [3.63, 3.8) is 0 Å². The van der Waals surface area contributed by atoms with Crippen LogP contribution in [0.5, 0.6) is 0 Å². The second-order valence-electron chi connectivity index (χ2n) is 17.7. The van der Waals surface area contributed by atoms with Crippen LogP contribution in [0.15, 0.2) is 24.3 Å². The number of cyclic esters (lactones) is 1. The Bertz CT molecular complexity index is 1560. The number of methoxy groups -OCH3 is 1. The van der Waals surface area contributed by atoms with E-state index in [9.17, 15) is 39.8 Å². The van der Waals surface area contributed by atoms with E-state index in [1.807, 2.05) is 46.7 Å². The maximum atomic E-state index is 14.3. The lowest BCUT2D eigenvalue weighted by Crippen LogP contribution is -2.62. The lowest BCUT2D eigenvalue weighted by atomic mass is 9.77. The van der Waals surface area contributed by atoms with Crippen LogP contribution < -0.4 is 5.32 Å². The van der Waals surface area contributed by atoms with Gasteiger partial charge in [-0.15, -0.1) is 0 Å². The summed E-state index contributed by atoms with van der Waals surface area (Å²) in [5, 5.41) is 49.5. The van der Waals surface area contributed by atoms with E-state index in [-0.39, 0.29) is 55.6 Å². The van der Waals surface area contributed by atoms with Gasteiger partial charge >= 0.3 is 18.0 Å². The molecular formula is C42H70N4O13. The molecule has 14 atom stereocenters. The van der Waals surface area contributed by atoms with Crippen molar-refractivity contribution >= 4 is 23.7 Å². The molecule has 0 radical (unpaired) electrons. The first-order valence-corrected chi connectivity index (χ1v) is 20.7. The molecule has 2 saturated heterocycles. The number of nitro benzene ring substituents is 1. The molecule has 0 aromatic heterocycles. The molecule has 2 fully saturated rings. The number of aliphatic hydroxyl groups excluding tert-OH is 2. The molecule has 59 heavy (non-hydrogen) atoms. The van der Waals surface area contributed by atoms with Gasteiger partial charge in [-0.1, -0.05) is 32.9 Å². The van der Waals surface area contributed by atoms with E-state index in [1.54, 1.807) is 27.7 Å². The van der Waals surface area contributed by atoms with Gasteiger partial charge in [0.15, 0.2) is 6.29 Å². The van der Waals surface area contributed by atoms with Crippen LogP contribution in [-0.2, 0) is 39.7 Å². The Hall–Kier alpha value is -3.45. The molecule has 17 heteroatoms. The van der Waals surface area contributed by atoms with Gasteiger partial charge in [-0.2, -0.15) is 0 Å². The number of hydrogen-bond donors (Lipinski definition) is 4. The van der Waals surface area contributed by atoms with Crippen molar-refractivity contribution in [3.05, 3.63) is 39.9 Å². The maximum Gasteiger partial charge on any atom is 0.317 e. The van der Waals surface area contributed by atoms with Gasteiger partial charge in [-0.3, -0.25) is 19.7 Å². The number of aliphatic hydroxyl groups is 3. The van der Waals surface area contributed by atoms with Crippen molar-refractivity contribution in [2.45, 2.75) is 167 Å². The summed E-state index contributed by atoms with van der Waals surface area (Å²) in [5.41, 5.74) is -3.02. The summed E-state index contributed by atoms with van der Waals surface area (Å²) in [6.07, 6.45) is -7.22. The van der Waals surface area contributed by atoms with Crippen LogP contribution in [0.4, 0.5) is 10.5 Å². The van der Waals surface area contributed by atoms with Gasteiger partial charge in [0.1, 0.15) is 30.0 Å². The molecule has 0 aliphatic carbocycles. The standard InChI is InChI=1S/C42H70N4O13/c1-14-32-42(10,52)36(49)28(8)45(40(51)43-23(2)3)22-24(4)21-41(9,55-13)37(59-39-34(48)31(44(11)12)19-25(5)56-39)26(6)35(27(7)38(50)57-32)58-33(47)20-29-15-17-30(18-16-29)46(53)54/h15-18,23-28,31-32,34-37,39,48-49,52H,14,19-22H2,1-13H3,(H,43,51)/t24-,25-,26+,27-,28-,31+,32-,34-,35+,36-,37-,39+,41-,42-/m1/s1. The number of benzene rings is 1. The Labute approximate surface area is 349 Å². The Balaban J connectivity index is 2.24. The Morgan fingerprint density at radius 1 is 1.10 bits per heavy atom. The van der Waals surface area contributed by atoms with Crippen LogP contribution in [0.1, 0.15) is 94.1 Å². The third-order valence-electron chi connectivity index (χ3n) is 12.0. The molecule has 0 unspecified atom stereocenters. The maximum absolute atomic E-state index is 14.3. The summed E-state index contributed by atoms with van der Waals surface area (Å²) in [6.45, 7) is 17.2. The van der Waals surface area contributed by atoms with E-state index < -0.39 is 88.8 Å². The van der Waals surface area contributed by atoms with Crippen LogP contribution in [-0.4, -0.2) is 148 Å². The van der Waals surface area contributed by atoms with E-state index in [0.717, 1.165) is 0 Å². The number of nitrogens with zero attached hydrogens (tertiary/aromatic N) is 3. The Morgan fingerprint density at radius 2 is 1.71 bits per heavy atom. The number of nitrogens with one attached hydrogen (secondary N) is 1. The summed E-state index contributed by atoms with van der Waals surface area (Å²) >= 11 is 0. The fraction of sp³-hybridized carbons (Fsp3) is 0.786. The predicted molar refractivity (Wildman–Crippen MR) is 218 cm³/mol. The van der Waals surface area contributed by atoms with Crippen molar-refractivity contribution < 1.29 is 58.3 Å². The van der Waals surface area contributed by atoms with Gasteiger partial charge in [-0.05, 0) is 93.3 Å². The first kappa shape index (κ1) is 49.9. The highest BCUT2D eigenvalue weighted by Gasteiger charge is 2.52. The van der Waals surface area contributed by atoms with Crippen LogP contribution in [0.3, 0.4) is 0 Å². The third kappa shape index (κ3) is 12.3. The van der Waals surface area contributed by atoms with E-state index in [1.165, 1.54) is 50.1 Å². The van der Waals surface area contributed by atoms with Crippen molar-refractivity contribution in [1.82, 2.24) is 15.1 Å². The minimum Gasteiger partial charge on any atom is -0.461 e. The smallest absolute Gasteiger partial charge is 0.317 e. The van der Waals surface area contributed by atoms with Gasteiger partial charge in [-0.25, -0.2) is 4.79 Å². The number of carbonyl (C=O) groups excluding carboxylic acids is 3. The van der Waals surface area contributed by atoms with Crippen molar-refractivity contribution in [2.24, 2.45) is 17.8 Å². The molecule has 0 spiro atoms. The molecule has 0 saturated carbocycles. The van der Waals surface area contributed by atoms with Crippen molar-refractivity contribution in [1.29, 1.82) is 0 Å². The highest BCUT2D eigenvalue weighted by Crippen LogP contribution is 2.39.